The van der Waals surface area contributed by atoms with Gasteiger partial charge in [0.1, 0.15) is 17.2 Å². The topological polar surface area (TPSA) is 69.6 Å². The highest BCUT2D eigenvalue weighted by molar-refractivity contribution is 7.99. The van der Waals surface area contributed by atoms with Crippen LogP contribution >= 0.6 is 23.4 Å². The van der Waals surface area contributed by atoms with E-state index < -0.39 is 0 Å². The van der Waals surface area contributed by atoms with Crippen LogP contribution < -0.4 is 5.73 Å². The Bertz CT molecular complexity index is 771. The van der Waals surface area contributed by atoms with Gasteiger partial charge in [0.05, 0.1) is 5.39 Å². The fraction of sp³-hybridized carbons (Fsp3) is 0.154. The molecule has 2 aromatic heterocycles. The molecule has 0 amide bonds. The molecule has 0 spiro atoms. The van der Waals surface area contributed by atoms with E-state index in [2.05, 4.69) is 15.1 Å². The summed E-state index contributed by atoms with van der Waals surface area (Å²) in [7, 11) is 0. The van der Waals surface area contributed by atoms with Gasteiger partial charge in [0.15, 0.2) is 5.65 Å². The number of nitrogens with zero attached hydrogens (tertiary/aromatic N) is 4. The molecule has 2 heterocycles. The average molecular weight is 306 g/mol. The van der Waals surface area contributed by atoms with E-state index in [0.29, 0.717) is 10.8 Å². The minimum absolute atomic E-state index is 0.444. The monoisotopic (exact) mass is 305 g/mol. The summed E-state index contributed by atoms with van der Waals surface area (Å²) in [5.41, 5.74) is 6.72. The summed E-state index contributed by atoms with van der Waals surface area (Å²) in [5.74, 6) is 0.444. The third-order valence-corrected chi connectivity index (χ3v) is 4.04. The van der Waals surface area contributed by atoms with Gasteiger partial charge in [0, 0.05) is 16.5 Å². The van der Waals surface area contributed by atoms with Gasteiger partial charge in [-0.05, 0) is 25.1 Å². The number of fused-ring (bicyclic) bond motifs is 1. The van der Waals surface area contributed by atoms with Crippen molar-refractivity contribution in [1.82, 2.24) is 19.7 Å². The van der Waals surface area contributed by atoms with Crippen molar-refractivity contribution in [3.05, 3.63) is 35.6 Å². The number of nitrogen functional groups attached to an aromatic ring is 1. The van der Waals surface area contributed by atoms with Crippen LogP contribution in [0.3, 0.4) is 0 Å². The van der Waals surface area contributed by atoms with Crippen molar-refractivity contribution in [2.45, 2.75) is 23.4 Å². The van der Waals surface area contributed by atoms with Crippen LogP contribution in [0.4, 0.5) is 5.82 Å². The Morgan fingerprint density at radius 2 is 2.20 bits per heavy atom. The Labute approximate surface area is 125 Å². The minimum atomic E-state index is 0.444. The van der Waals surface area contributed by atoms with Crippen molar-refractivity contribution >= 4 is 40.2 Å². The number of aryl methyl sites for hydroxylation is 1. The number of anilines is 1. The summed E-state index contributed by atoms with van der Waals surface area (Å²) in [4.78, 5) is 9.31. The van der Waals surface area contributed by atoms with Crippen LogP contribution in [-0.2, 0) is 6.54 Å². The quantitative estimate of drug-likeness (QED) is 0.804. The average Bonchev–Trinajstić information content (AvgIpc) is 2.78. The zero-order valence-electron chi connectivity index (χ0n) is 10.7. The zero-order valence-corrected chi connectivity index (χ0v) is 12.3. The number of benzene rings is 1. The first-order valence-electron chi connectivity index (χ1n) is 6.09. The summed E-state index contributed by atoms with van der Waals surface area (Å²) in [5, 5.41) is 6.83. The van der Waals surface area contributed by atoms with E-state index >= 15 is 0 Å². The lowest BCUT2D eigenvalue weighted by Crippen LogP contribution is -1.98. The zero-order chi connectivity index (χ0) is 14.1. The van der Waals surface area contributed by atoms with Gasteiger partial charge in [-0.15, -0.1) is 0 Å². The third kappa shape index (κ3) is 2.32. The van der Waals surface area contributed by atoms with Crippen molar-refractivity contribution in [3.8, 4) is 0 Å². The Balaban J connectivity index is 2.12. The first kappa shape index (κ1) is 13.2. The predicted molar refractivity (Wildman–Crippen MR) is 81.0 cm³/mol. The van der Waals surface area contributed by atoms with Crippen molar-refractivity contribution < 1.29 is 0 Å². The molecule has 3 aromatic rings. The highest BCUT2D eigenvalue weighted by Gasteiger charge is 2.15. The number of aromatic nitrogens is 4. The second kappa shape index (κ2) is 5.30. The Kier molecular flexibility index (Phi) is 3.50. The summed E-state index contributed by atoms with van der Waals surface area (Å²) in [6.45, 7) is 2.74. The van der Waals surface area contributed by atoms with Gasteiger partial charge in [-0.25, -0.2) is 14.6 Å². The molecule has 0 bridgehead atoms. The van der Waals surface area contributed by atoms with Gasteiger partial charge in [-0.2, -0.15) is 5.10 Å². The molecule has 3 rings (SSSR count). The summed E-state index contributed by atoms with van der Waals surface area (Å²) < 4.78 is 1.82. The van der Waals surface area contributed by atoms with Gasteiger partial charge < -0.3 is 5.73 Å². The third-order valence-electron chi connectivity index (χ3n) is 2.84. The number of rotatable bonds is 3. The molecule has 0 aliphatic heterocycles. The van der Waals surface area contributed by atoms with E-state index in [1.807, 2.05) is 35.9 Å². The fourth-order valence-corrected chi connectivity index (χ4v) is 3.18. The van der Waals surface area contributed by atoms with Crippen LogP contribution in [0.5, 0.6) is 0 Å². The Morgan fingerprint density at radius 3 is 2.95 bits per heavy atom. The highest BCUT2D eigenvalue weighted by Crippen LogP contribution is 2.35. The van der Waals surface area contributed by atoms with Crippen LogP contribution in [0.2, 0.25) is 5.02 Å². The Hall–Kier alpha value is -1.79. The summed E-state index contributed by atoms with van der Waals surface area (Å²) in [6.07, 6.45) is 1.46. The summed E-state index contributed by atoms with van der Waals surface area (Å²) >= 11 is 7.51. The molecule has 0 aliphatic carbocycles. The van der Waals surface area contributed by atoms with Crippen molar-refractivity contribution in [2.75, 3.05) is 5.73 Å². The molecule has 0 fully saturated rings. The van der Waals surface area contributed by atoms with Crippen LogP contribution in [0.1, 0.15) is 6.92 Å². The molecular weight excluding hydrogens is 294 g/mol. The Morgan fingerprint density at radius 1 is 1.35 bits per heavy atom. The number of hydrogen-bond acceptors (Lipinski definition) is 5. The molecule has 5 nitrogen and oxygen atoms in total. The first-order chi connectivity index (χ1) is 9.69. The molecule has 2 N–H and O–H groups in total. The van der Waals surface area contributed by atoms with E-state index in [4.69, 9.17) is 17.3 Å². The lowest BCUT2D eigenvalue weighted by atomic mass is 10.4. The van der Waals surface area contributed by atoms with E-state index in [0.717, 1.165) is 27.5 Å². The fourth-order valence-electron chi connectivity index (χ4n) is 1.93. The number of halogens is 1. The molecule has 0 radical (unpaired) electrons. The lowest BCUT2D eigenvalue weighted by Gasteiger charge is -2.00. The molecular formula is C13H12ClN5S. The SMILES string of the molecule is CCn1nc(Sc2cccc(Cl)c2)c2c(N)ncnc21. The van der Waals surface area contributed by atoms with Crippen LogP contribution in [0.15, 0.2) is 40.5 Å². The molecule has 102 valence electrons. The molecule has 1 aromatic carbocycles. The van der Waals surface area contributed by atoms with E-state index in [1.54, 1.807) is 0 Å². The molecule has 20 heavy (non-hydrogen) atoms. The maximum Gasteiger partial charge on any atom is 0.164 e. The van der Waals surface area contributed by atoms with Crippen LogP contribution in [-0.4, -0.2) is 19.7 Å². The van der Waals surface area contributed by atoms with Crippen LogP contribution in [0.25, 0.3) is 11.0 Å². The van der Waals surface area contributed by atoms with Gasteiger partial charge in [-0.1, -0.05) is 29.4 Å². The number of hydrogen-bond donors (Lipinski definition) is 1. The second-order valence-corrected chi connectivity index (χ2v) is 5.64. The van der Waals surface area contributed by atoms with Gasteiger partial charge in [-0.3, -0.25) is 0 Å². The van der Waals surface area contributed by atoms with Crippen molar-refractivity contribution in [2.24, 2.45) is 0 Å². The molecule has 0 saturated heterocycles. The smallest absolute Gasteiger partial charge is 0.164 e. The van der Waals surface area contributed by atoms with Crippen molar-refractivity contribution in [1.29, 1.82) is 0 Å². The van der Waals surface area contributed by atoms with E-state index in [1.165, 1.54) is 18.1 Å². The van der Waals surface area contributed by atoms with Gasteiger partial charge in [0.2, 0.25) is 0 Å². The molecule has 7 heteroatoms. The van der Waals surface area contributed by atoms with Crippen molar-refractivity contribution in [3.63, 3.8) is 0 Å². The highest BCUT2D eigenvalue weighted by atomic mass is 35.5. The number of nitrogens with two attached hydrogens (primary N) is 1. The van der Waals surface area contributed by atoms with Gasteiger partial charge >= 0.3 is 0 Å². The first-order valence-corrected chi connectivity index (χ1v) is 7.29. The molecule has 0 unspecified atom stereocenters. The molecule has 0 aliphatic rings. The maximum absolute atomic E-state index is 6.00. The van der Waals surface area contributed by atoms with E-state index in [9.17, 15) is 0 Å². The van der Waals surface area contributed by atoms with Gasteiger partial charge in [0.25, 0.3) is 0 Å². The standard InChI is InChI=1S/C13H12ClN5S/c1-2-19-12-10(11(15)16-7-17-12)13(18-19)20-9-5-3-4-8(14)6-9/h3-7H,2H2,1H3,(H2,15,16,17). The summed E-state index contributed by atoms with van der Waals surface area (Å²) in [6, 6.07) is 7.62. The minimum Gasteiger partial charge on any atom is -0.383 e. The largest absolute Gasteiger partial charge is 0.383 e. The van der Waals surface area contributed by atoms with Crippen LogP contribution in [0, 0.1) is 0 Å². The second-order valence-electron chi connectivity index (χ2n) is 4.14. The molecule has 0 atom stereocenters. The predicted octanol–water partition coefficient (Wildman–Crippen LogP) is 3.23. The lowest BCUT2D eigenvalue weighted by molar-refractivity contribution is 0.656. The maximum atomic E-state index is 6.00. The van der Waals surface area contributed by atoms with E-state index in [-0.39, 0.29) is 0 Å². The molecule has 0 saturated carbocycles. The normalized spacial score (nSPS) is 11.1.